The average molecular weight is 142 g/mol. The van der Waals surface area contributed by atoms with Crippen LogP contribution >= 0.6 is 11.8 Å². The number of carbonyl (C=O) groups excluding carboxylic acids is 2. The third-order valence-electron chi connectivity index (χ3n) is 1.18. The highest BCUT2D eigenvalue weighted by Gasteiger charge is 2.29. The lowest BCUT2D eigenvalue weighted by molar-refractivity contribution is -0.115. The first-order valence-electron chi connectivity index (χ1n) is 2.57. The van der Waals surface area contributed by atoms with Crippen molar-refractivity contribution in [2.45, 2.75) is 4.75 Å². The maximum Gasteiger partial charge on any atom is 0.147 e. The number of thioether (sulfide) groups is 1. The maximum atomic E-state index is 10.3. The highest BCUT2D eigenvalue weighted by Crippen LogP contribution is 2.27. The Morgan fingerprint density at radius 1 is 1.44 bits per heavy atom. The summed E-state index contributed by atoms with van der Waals surface area (Å²) in [5.41, 5.74) is 0. The molecule has 48 valence electrons. The molecule has 0 radical (unpaired) electrons. The van der Waals surface area contributed by atoms with Crippen LogP contribution in [-0.4, -0.2) is 23.1 Å². The summed E-state index contributed by atoms with van der Waals surface area (Å²) in [7, 11) is 0. The molecule has 0 saturated heterocycles. The zero-order chi connectivity index (χ0) is 6.74. The fraction of sp³-hybridized carbons (Fsp3) is 0.333. The highest BCUT2D eigenvalue weighted by molar-refractivity contribution is 8.02. The van der Waals surface area contributed by atoms with E-state index < -0.39 is 4.75 Å². The van der Waals surface area contributed by atoms with Crippen LogP contribution in [0.15, 0.2) is 12.2 Å². The number of rotatable bonds is 2. The van der Waals surface area contributed by atoms with Gasteiger partial charge in [0.1, 0.15) is 17.3 Å². The molecule has 0 aliphatic carbocycles. The first-order chi connectivity index (χ1) is 4.33. The van der Waals surface area contributed by atoms with Crippen LogP contribution < -0.4 is 0 Å². The molecule has 0 fully saturated rings. The lowest BCUT2D eigenvalue weighted by Gasteiger charge is -2.07. The Bertz CT molecular complexity index is 154. The van der Waals surface area contributed by atoms with E-state index in [1.54, 1.807) is 6.08 Å². The molecule has 1 aliphatic heterocycles. The molecule has 1 rings (SSSR count). The fourth-order valence-corrected chi connectivity index (χ4v) is 1.46. The molecule has 0 bridgehead atoms. The molecule has 0 amide bonds. The molecule has 0 spiro atoms. The zero-order valence-corrected chi connectivity index (χ0v) is 5.56. The summed E-state index contributed by atoms with van der Waals surface area (Å²) in [6, 6.07) is 0. The molecule has 0 aromatic carbocycles. The van der Waals surface area contributed by atoms with E-state index in [-0.39, 0.29) is 0 Å². The normalized spacial score (nSPS) is 21.8. The van der Waals surface area contributed by atoms with Gasteiger partial charge in [-0.2, -0.15) is 0 Å². The lowest BCUT2D eigenvalue weighted by Crippen LogP contribution is -2.22. The smallest absolute Gasteiger partial charge is 0.147 e. The molecule has 9 heavy (non-hydrogen) atoms. The average Bonchev–Trinajstić information content (AvgIpc) is 2.36. The number of hydrogen-bond acceptors (Lipinski definition) is 3. The van der Waals surface area contributed by atoms with E-state index in [4.69, 9.17) is 0 Å². The van der Waals surface area contributed by atoms with Gasteiger partial charge in [0.25, 0.3) is 0 Å². The van der Waals surface area contributed by atoms with Gasteiger partial charge in [-0.1, -0.05) is 12.2 Å². The molecule has 1 heterocycles. The predicted molar refractivity (Wildman–Crippen MR) is 36.5 cm³/mol. The highest BCUT2D eigenvalue weighted by atomic mass is 32.2. The van der Waals surface area contributed by atoms with Crippen molar-refractivity contribution in [2.75, 3.05) is 5.75 Å². The van der Waals surface area contributed by atoms with Crippen molar-refractivity contribution in [3.8, 4) is 0 Å². The molecule has 0 N–H and O–H groups in total. The molecular weight excluding hydrogens is 136 g/mol. The maximum absolute atomic E-state index is 10.3. The van der Waals surface area contributed by atoms with Gasteiger partial charge in [-0.3, -0.25) is 0 Å². The van der Waals surface area contributed by atoms with Crippen LogP contribution in [0, 0.1) is 0 Å². The minimum Gasteiger partial charge on any atom is -0.301 e. The first-order valence-corrected chi connectivity index (χ1v) is 3.56. The summed E-state index contributed by atoms with van der Waals surface area (Å²) < 4.78 is -0.847. The quantitative estimate of drug-likeness (QED) is 0.318. The molecule has 1 aliphatic rings. The molecular formula is C6H6O2S. The van der Waals surface area contributed by atoms with Gasteiger partial charge in [-0.05, 0) is 0 Å². The minimum absolute atomic E-state index is 0.675. The summed E-state index contributed by atoms with van der Waals surface area (Å²) >= 11 is 1.34. The summed E-state index contributed by atoms with van der Waals surface area (Å²) in [6.07, 6.45) is 4.81. The van der Waals surface area contributed by atoms with Crippen molar-refractivity contribution >= 4 is 24.3 Å². The molecule has 2 nitrogen and oxygen atoms in total. The standard InChI is InChI=1S/C6H6O2S/c7-4-6(5-8)2-1-3-9-6/h1-2,4-5H,3H2. The van der Waals surface area contributed by atoms with Crippen LogP contribution in [-0.2, 0) is 9.59 Å². The molecule has 0 saturated carbocycles. The Kier molecular flexibility index (Phi) is 1.71. The molecule has 0 atom stereocenters. The molecule has 3 heteroatoms. The topological polar surface area (TPSA) is 34.1 Å². The second-order valence-corrected chi connectivity index (χ2v) is 3.13. The second-order valence-electron chi connectivity index (χ2n) is 1.80. The monoisotopic (exact) mass is 142 g/mol. The summed E-state index contributed by atoms with van der Waals surface area (Å²) in [5.74, 6) is 0.761. The van der Waals surface area contributed by atoms with Crippen LogP contribution in [0.4, 0.5) is 0 Å². The van der Waals surface area contributed by atoms with Crippen LogP contribution in [0.1, 0.15) is 0 Å². The van der Waals surface area contributed by atoms with Gasteiger partial charge >= 0.3 is 0 Å². The minimum atomic E-state index is -0.847. The SMILES string of the molecule is O=CC1(C=O)C=CCS1. The van der Waals surface area contributed by atoms with Gasteiger partial charge < -0.3 is 9.59 Å². The number of hydrogen-bond donors (Lipinski definition) is 0. The summed E-state index contributed by atoms with van der Waals surface area (Å²) in [5, 5.41) is 0. The molecule has 0 aromatic rings. The van der Waals surface area contributed by atoms with Crippen molar-refractivity contribution in [3.05, 3.63) is 12.2 Å². The van der Waals surface area contributed by atoms with E-state index in [0.29, 0.717) is 12.6 Å². The zero-order valence-electron chi connectivity index (χ0n) is 4.74. The third-order valence-corrected chi connectivity index (χ3v) is 2.36. The van der Waals surface area contributed by atoms with Gasteiger partial charge in [0.15, 0.2) is 0 Å². The predicted octanol–water partition coefficient (Wildman–Crippen LogP) is 0.426. The number of aldehydes is 2. The van der Waals surface area contributed by atoms with E-state index in [9.17, 15) is 9.59 Å². The van der Waals surface area contributed by atoms with Crippen molar-refractivity contribution in [1.82, 2.24) is 0 Å². The van der Waals surface area contributed by atoms with Gasteiger partial charge in [-0.25, -0.2) is 0 Å². The molecule has 0 unspecified atom stereocenters. The van der Waals surface area contributed by atoms with Crippen molar-refractivity contribution in [2.24, 2.45) is 0 Å². The summed E-state index contributed by atoms with van der Waals surface area (Å²) in [4.78, 5) is 20.5. The lowest BCUT2D eigenvalue weighted by atomic mass is 10.2. The van der Waals surface area contributed by atoms with E-state index in [1.807, 2.05) is 6.08 Å². The Hall–Kier alpha value is -0.570. The van der Waals surface area contributed by atoms with Gasteiger partial charge in [0.2, 0.25) is 0 Å². The van der Waals surface area contributed by atoms with Crippen LogP contribution in [0.2, 0.25) is 0 Å². The second kappa shape index (κ2) is 2.35. The van der Waals surface area contributed by atoms with E-state index >= 15 is 0 Å². The van der Waals surface area contributed by atoms with Crippen LogP contribution in [0.3, 0.4) is 0 Å². The van der Waals surface area contributed by atoms with Crippen molar-refractivity contribution in [3.63, 3.8) is 0 Å². The Morgan fingerprint density at radius 2 is 2.11 bits per heavy atom. The Morgan fingerprint density at radius 3 is 2.33 bits per heavy atom. The van der Waals surface area contributed by atoms with Gasteiger partial charge in [0, 0.05) is 5.75 Å². The molecule has 0 aromatic heterocycles. The largest absolute Gasteiger partial charge is 0.301 e. The van der Waals surface area contributed by atoms with Crippen molar-refractivity contribution in [1.29, 1.82) is 0 Å². The van der Waals surface area contributed by atoms with Gasteiger partial charge in [-0.15, -0.1) is 11.8 Å². The van der Waals surface area contributed by atoms with Crippen molar-refractivity contribution < 1.29 is 9.59 Å². The third kappa shape index (κ3) is 1.05. The van der Waals surface area contributed by atoms with Crippen LogP contribution in [0.5, 0.6) is 0 Å². The fourth-order valence-electron chi connectivity index (χ4n) is 0.647. The summed E-state index contributed by atoms with van der Waals surface area (Å²) in [6.45, 7) is 0. The Labute approximate surface area is 57.3 Å². The van der Waals surface area contributed by atoms with E-state index in [1.165, 1.54) is 11.8 Å². The van der Waals surface area contributed by atoms with E-state index in [2.05, 4.69) is 0 Å². The Balaban J connectivity index is 2.79. The number of carbonyl (C=O) groups is 2. The first kappa shape index (κ1) is 6.55. The van der Waals surface area contributed by atoms with Gasteiger partial charge in [0.05, 0.1) is 0 Å². The van der Waals surface area contributed by atoms with E-state index in [0.717, 1.165) is 5.75 Å². The van der Waals surface area contributed by atoms with Crippen LogP contribution in [0.25, 0.3) is 0 Å².